The van der Waals surface area contributed by atoms with Crippen molar-refractivity contribution in [1.29, 1.82) is 0 Å². The molecule has 0 bridgehead atoms. The molecule has 0 amide bonds. The Hall–Kier alpha value is -1.41. The molecule has 0 saturated heterocycles. The van der Waals surface area contributed by atoms with Gasteiger partial charge < -0.3 is 5.11 Å². The van der Waals surface area contributed by atoms with Crippen molar-refractivity contribution in [3.63, 3.8) is 0 Å². The summed E-state index contributed by atoms with van der Waals surface area (Å²) in [5.41, 5.74) is 0. The molecule has 0 radical (unpaired) electrons. The molecule has 0 aliphatic rings. The topological polar surface area (TPSA) is 112 Å². The largest absolute Gasteiger partial charge is 0.480 e. The number of aromatic amines is 1. The van der Waals surface area contributed by atoms with E-state index in [1.807, 2.05) is 6.92 Å². The van der Waals surface area contributed by atoms with Crippen molar-refractivity contribution in [3.8, 4) is 0 Å². The Bertz CT molecular complexity index is 455. The van der Waals surface area contributed by atoms with Crippen molar-refractivity contribution in [2.24, 2.45) is 0 Å². The molecule has 1 atom stereocenters. The maximum Gasteiger partial charge on any atom is 0.321 e. The first-order valence-corrected chi connectivity index (χ1v) is 6.69. The van der Waals surface area contributed by atoms with Crippen molar-refractivity contribution in [2.45, 2.75) is 37.1 Å². The highest BCUT2D eigenvalue weighted by Crippen LogP contribution is 2.08. The Balaban J connectivity index is 2.76. The van der Waals surface area contributed by atoms with Crippen LogP contribution in [0.3, 0.4) is 0 Å². The van der Waals surface area contributed by atoms with Gasteiger partial charge in [0.25, 0.3) is 0 Å². The smallest absolute Gasteiger partial charge is 0.321 e. The van der Waals surface area contributed by atoms with Gasteiger partial charge in [-0.2, -0.15) is 9.82 Å². The van der Waals surface area contributed by atoms with Gasteiger partial charge in [0.15, 0.2) is 0 Å². The van der Waals surface area contributed by atoms with Gasteiger partial charge in [0, 0.05) is 6.20 Å². The molecule has 1 heterocycles. The van der Waals surface area contributed by atoms with Gasteiger partial charge >= 0.3 is 5.97 Å². The monoisotopic (exact) mass is 261 g/mol. The third-order valence-electron chi connectivity index (χ3n) is 2.23. The number of nitrogens with one attached hydrogen (secondary N) is 2. The summed E-state index contributed by atoms with van der Waals surface area (Å²) in [5, 5.41) is 14.8. The van der Waals surface area contributed by atoms with Crippen LogP contribution in [0.2, 0.25) is 0 Å². The molecule has 1 aromatic heterocycles. The molecule has 0 saturated carbocycles. The van der Waals surface area contributed by atoms with Gasteiger partial charge in [0.1, 0.15) is 10.9 Å². The Morgan fingerprint density at radius 3 is 2.82 bits per heavy atom. The molecule has 17 heavy (non-hydrogen) atoms. The van der Waals surface area contributed by atoms with Gasteiger partial charge in [-0.3, -0.25) is 9.89 Å². The standard InChI is InChI=1S/C9H15N3O4S/c1-2-3-4-8(9(13)14)12-17(15,16)7-5-10-11-6-7/h5-6,8,12H,2-4H2,1H3,(H,10,11)(H,13,14)/t8-/m0/s1. The summed E-state index contributed by atoms with van der Waals surface area (Å²) in [5.74, 6) is -1.18. The van der Waals surface area contributed by atoms with E-state index in [2.05, 4.69) is 14.9 Å². The second-order valence-electron chi connectivity index (χ2n) is 3.59. The normalized spacial score (nSPS) is 13.5. The van der Waals surface area contributed by atoms with Gasteiger partial charge in [0.05, 0.1) is 6.20 Å². The SMILES string of the molecule is CCCC[C@H](NS(=O)(=O)c1cn[nH]c1)C(=O)O. The molecule has 96 valence electrons. The minimum absolute atomic E-state index is 0.0692. The number of unbranched alkanes of at least 4 members (excludes halogenated alkanes) is 1. The Morgan fingerprint density at radius 2 is 2.35 bits per heavy atom. The minimum atomic E-state index is -3.82. The third kappa shape index (κ3) is 3.82. The van der Waals surface area contributed by atoms with Crippen LogP contribution in [0, 0.1) is 0 Å². The first-order chi connectivity index (χ1) is 7.97. The number of aromatic nitrogens is 2. The van der Waals surface area contributed by atoms with Crippen molar-refractivity contribution in [3.05, 3.63) is 12.4 Å². The Morgan fingerprint density at radius 1 is 1.65 bits per heavy atom. The first kappa shape index (κ1) is 13.7. The lowest BCUT2D eigenvalue weighted by Gasteiger charge is -2.13. The average molecular weight is 261 g/mol. The van der Waals surface area contributed by atoms with Crippen LogP contribution in [-0.4, -0.2) is 35.7 Å². The van der Waals surface area contributed by atoms with Crippen LogP contribution in [0.15, 0.2) is 17.3 Å². The van der Waals surface area contributed by atoms with Crippen LogP contribution in [0.25, 0.3) is 0 Å². The maximum atomic E-state index is 11.7. The number of carboxylic acid groups (broad SMARTS) is 1. The van der Waals surface area contributed by atoms with E-state index in [9.17, 15) is 13.2 Å². The van der Waals surface area contributed by atoms with Crippen LogP contribution in [0.4, 0.5) is 0 Å². The highest BCUT2D eigenvalue weighted by molar-refractivity contribution is 7.89. The highest BCUT2D eigenvalue weighted by atomic mass is 32.2. The van der Waals surface area contributed by atoms with Crippen molar-refractivity contribution in [2.75, 3.05) is 0 Å². The van der Waals surface area contributed by atoms with Crippen LogP contribution < -0.4 is 4.72 Å². The molecule has 0 fully saturated rings. The van der Waals surface area contributed by atoms with E-state index >= 15 is 0 Å². The molecule has 0 aliphatic heterocycles. The number of sulfonamides is 1. The van der Waals surface area contributed by atoms with E-state index in [4.69, 9.17) is 5.11 Å². The maximum absolute atomic E-state index is 11.7. The lowest BCUT2D eigenvalue weighted by Crippen LogP contribution is -2.40. The van der Waals surface area contributed by atoms with E-state index < -0.39 is 22.0 Å². The lowest BCUT2D eigenvalue weighted by atomic mass is 10.1. The van der Waals surface area contributed by atoms with Crippen LogP contribution in [0.1, 0.15) is 26.2 Å². The quantitative estimate of drug-likeness (QED) is 0.654. The first-order valence-electron chi connectivity index (χ1n) is 5.21. The number of hydrogen-bond donors (Lipinski definition) is 3. The highest BCUT2D eigenvalue weighted by Gasteiger charge is 2.25. The molecule has 3 N–H and O–H groups in total. The zero-order chi connectivity index (χ0) is 12.9. The third-order valence-corrected chi connectivity index (χ3v) is 3.66. The minimum Gasteiger partial charge on any atom is -0.480 e. The van der Waals surface area contributed by atoms with Crippen molar-refractivity contribution in [1.82, 2.24) is 14.9 Å². The Kier molecular flexibility index (Phi) is 4.64. The predicted octanol–water partition coefficient (Wildman–Crippen LogP) is 0.331. The lowest BCUT2D eigenvalue weighted by molar-refractivity contribution is -0.139. The number of hydrogen-bond acceptors (Lipinski definition) is 4. The summed E-state index contributed by atoms with van der Waals surface area (Å²) in [6, 6.07) is -1.10. The summed E-state index contributed by atoms with van der Waals surface area (Å²) in [6.07, 6.45) is 4.03. The van der Waals surface area contributed by atoms with Crippen LogP contribution in [0.5, 0.6) is 0 Å². The molecular formula is C9H15N3O4S. The summed E-state index contributed by atoms with van der Waals surface area (Å²) < 4.78 is 25.6. The van der Waals surface area contributed by atoms with E-state index in [0.717, 1.165) is 12.6 Å². The molecule has 1 rings (SSSR count). The summed E-state index contributed by atoms with van der Waals surface area (Å²) in [7, 11) is -3.82. The van der Waals surface area contributed by atoms with E-state index in [1.54, 1.807) is 0 Å². The Labute approximate surface area is 99.3 Å². The van der Waals surface area contributed by atoms with Gasteiger partial charge in [-0.1, -0.05) is 19.8 Å². The van der Waals surface area contributed by atoms with Crippen LogP contribution in [-0.2, 0) is 14.8 Å². The number of carboxylic acids is 1. The van der Waals surface area contributed by atoms with Gasteiger partial charge in [-0.05, 0) is 6.42 Å². The molecule has 1 aromatic rings. The summed E-state index contributed by atoms with van der Waals surface area (Å²) in [6.45, 7) is 1.91. The van der Waals surface area contributed by atoms with Crippen molar-refractivity contribution < 1.29 is 18.3 Å². The van der Waals surface area contributed by atoms with Gasteiger partial charge in [-0.25, -0.2) is 8.42 Å². The van der Waals surface area contributed by atoms with E-state index in [-0.39, 0.29) is 11.3 Å². The fourth-order valence-corrected chi connectivity index (χ4v) is 2.41. The zero-order valence-corrected chi connectivity index (χ0v) is 10.2. The molecule has 8 heteroatoms. The second-order valence-corrected chi connectivity index (χ2v) is 5.30. The van der Waals surface area contributed by atoms with Crippen molar-refractivity contribution >= 4 is 16.0 Å². The summed E-state index contributed by atoms with van der Waals surface area (Å²) >= 11 is 0. The van der Waals surface area contributed by atoms with Crippen LogP contribution >= 0.6 is 0 Å². The van der Waals surface area contributed by atoms with Gasteiger partial charge in [-0.15, -0.1) is 0 Å². The molecular weight excluding hydrogens is 246 g/mol. The fraction of sp³-hybridized carbons (Fsp3) is 0.556. The zero-order valence-electron chi connectivity index (χ0n) is 9.38. The number of H-pyrrole nitrogens is 1. The molecule has 0 aromatic carbocycles. The molecule has 0 aliphatic carbocycles. The average Bonchev–Trinajstić information content (AvgIpc) is 2.77. The van der Waals surface area contributed by atoms with E-state index in [1.165, 1.54) is 6.20 Å². The summed E-state index contributed by atoms with van der Waals surface area (Å²) in [4.78, 5) is 10.8. The van der Waals surface area contributed by atoms with E-state index in [0.29, 0.717) is 6.42 Å². The predicted molar refractivity (Wildman–Crippen MR) is 59.9 cm³/mol. The second kappa shape index (κ2) is 5.78. The molecule has 0 spiro atoms. The number of rotatable bonds is 7. The van der Waals surface area contributed by atoms with Gasteiger partial charge in [0.2, 0.25) is 10.0 Å². The molecule has 0 unspecified atom stereocenters. The number of nitrogens with zero attached hydrogens (tertiary/aromatic N) is 1. The fourth-order valence-electron chi connectivity index (χ4n) is 1.28. The number of carbonyl (C=O) groups is 1. The molecule has 7 nitrogen and oxygen atoms in total. The number of aliphatic carboxylic acids is 1.